The Bertz CT molecular complexity index is 659. The van der Waals surface area contributed by atoms with Gasteiger partial charge in [-0.3, -0.25) is 4.90 Å². The van der Waals surface area contributed by atoms with E-state index in [0.717, 1.165) is 54.8 Å². The van der Waals surface area contributed by atoms with Gasteiger partial charge < -0.3 is 9.64 Å². The molecule has 0 bridgehead atoms. The molecule has 2 heterocycles. The van der Waals surface area contributed by atoms with Crippen LogP contribution in [0.1, 0.15) is 18.4 Å². The maximum atomic E-state index is 6.13. The molecule has 0 aliphatic carbocycles. The summed E-state index contributed by atoms with van der Waals surface area (Å²) in [5.41, 5.74) is 1.14. The third-order valence-electron chi connectivity index (χ3n) is 4.61. The van der Waals surface area contributed by atoms with E-state index >= 15 is 0 Å². The first-order valence-electron chi connectivity index (χ1n) is 8.22. The van der Waals surface area contributed by atoms with E-state index in [1.807, 2.05) is 24.3 Å². The summed E-state index contributed by atoms with van der Waals surface area (Å²) in [7, 11) is 3.78. The van der Waals surface area contributed by atoms with Crippen LogP contribution in [-0.2, 0) is 6.54 Å². The molecule has 0 N–H and O–H groups in total. The maximum absolute atomic E-state index is 6.13. The average Bonchev–Trinajstić information content (AvgIpc) is 2.63. The summed E-state index contributed by atoms with van der Waals surface area (Å²) in [4.78, 5) is 13.3. The Labute approximate surface area is 148 Å². The highest BCUT2D eigenvalue weighted by atomic mass is 35.5. The highest BCUT2D eigenvalue weighted by molar-refractivity contribution is 6.30. The van der Waals surface area contributed by atoms with Crippen molar-refractivity contribution >= 4 is 17.5 Å². The minimum absolute atomic E-state index is 0.477. The number of methoxy groups -OCH3 is 1. The number of nitrogens with zero attached hydrogens (tertiary/aromatic N) is 4. The Morgan fingerprint density at radius 2 is 1.96 bits per heavy atom. The first kappa shape index (κ1) is 17.0. The van der Waals surface area contributed by atoms with Gasteiger partial charge in [0, 0.05) is 55.7 Å². The number of rotatable bonds is 5. The molecule has 24 heavy (non-hydrogen) atoms. The van der Waals surface area contributed by atoms with Gasteiger partial charge in [0.1, 0.15) is 5.75 Å². The van der Waals surface area contributed by atoms with E-state index in [1.165, 1.54) is 0 Å². The maximum Gasteiger partial charge on any atom is 0.225 e. The van der Waals surface area contributed by atoms with Gasteiger partial charge in [0.2, 0.25) is 5.95 Å². The van der Waals surface area contributed by atoms with E-state index in [0.29, 0.717) is 6.04 Å². The van der Waals surface area contributed by atoms with E-state index in [2.05, 4.69) is 26.8 Å². The predicted octanol–water partition coefficient (Wildman–Crippen LogP) is 3.24. The molecule has 2 aromatic rings. The Morgan fingerprint density at radius 1 is 1.25 bits per heavy atom. The number of hydrogen-bond donors (Lipinski definition) is 0. The molecule has 6 heteroatoms. The minimum atomic E-state index is 0.477. The van der Waals surface area contributed by atoms with Gasteiger partial charge >= 0.3 is 0 Å². The van der Waals surface area contributed by atoms with Crippen molar-refractivity contribution in [2.45, 2.75) is 25.4 Å². The summed E-state index contributed by atoms with van der Waals surface area (Å²) in [6.07, 6.45) is 5.77. The van der Waals surface area contributed by atoms with Crippen molar-refractivity contribution in [3.05, 3.63) is 47.2 Å². The first-order valence-corrected chi connectivity index (χ1v) is 8.60. The van der Waals surface area contributed by atoms with Crippen LogP contribution in [0.5, 0.6) is 5.75 Å². The van der Waals surface area contributed by atoms with Crippen molar-refractivity contribution in [3.63, 3.8) is 0 Å². The number of aromatic nitrogens is 2. The molecule has 1 aliphatic rings. The van der Waals surface area contributed by atoms with E-state index < -0.39 is 0 Å². The van der Waals surface area contributed by atoms with E-state index in [4.69, 9.17) is 16.3 Å². The van der Waals surface area contributed by atoms with Gasteiger partial charge in [0.25, 0.3) is 0 Å². The van der Waals surface area contributed by atoms with E-state index in [9.17, 15) is 0 Å². The largest absolute Gasteiger partial charge is 0.496 e. The van der Waals surface area contributed by atoms with Crippen LogP contribution in [0.4, 0.5) is 5.95 Å². The molecule has 1 saturated heterocycles. The average molecular weight is 347 g/mol. The van der Waals surface area contributed by atoms with Crippen molar-refractivity contribution in [1.82, 2.24) is 14.9 Å². The number of anilines is 1. The molecular weight excluding hydrogens is 324 g/mol. The molecule has 5 nitrogen and oxygen atoms in total. The quantitative estimate of drug-likeness (QED) is 0.831. The predicted molar refractivity (Wildman–Crippen MR) is 96.7 cm³/mol. The molecule has 0 spiro atoms. The van der Waals surface area contributed by atoms with Gasteiger partial charge in [-0.2, -0.15) is 0 Å². The third kappa shape index (κ3) is 3.97. The van der Waals surface area contributed by atoms with Crippen LogP contribution in [0, 0.1) is 0 Å². The SMILES string of the molecule is COc1ccc(Cl)cc1CN1CCC(N(C)c2ncccn2)CC1. The van der Waals surface area contributed by atoms with Crippen LogP contribution in [0.3, 0.4) is 0 Å². The summed E-state index contributed by atoms with van der Waals surface area (Å²) in [5.74, 6) is 1.70. The number of hydrogen-bond acceptors (Lipinski definition) is 5. The van der Waals surface area contributed by atoms with Crippen molar-refractivity contribution in [2.75, 3.05) is 32.1 Å². The lowest BCUT2D eigenvalue weighted by atomic mass is 10.0. The van der Waals surface area contributed by atoms with Gasteiger partial charge in [0.15, 0.2) is 0 Å². The second-order valence-corrected chi connectivity index (χ2v) is 6.56. The van der Waals surface area contributed by atoms with Gasteiger partial charge in [-0.25, -0.2) is 9.97 Å². The lowest BCUT2D eigenvalue weighted by Gasteiger charge is -2.36. The van der Waals surface area contributed by atoms with Crippen molar-refractivity contribution < 1.29 is 4.74 Å². The van der Waals surface area contributed by atoms with Crippen molar-refractivity contribution in [3.8, 4) is 5.75 Å². The second-order valence-electron chi connectivity index (χ2n) is 6.12. The molecule has 1 aliphatic heterocycles. The first-order chi connectivity index (χ1) is 11.7. The van der Waals surface area contributed by atoms with E-state index in [1.54, 1.807) is 19.5 Å². The topological polar surface area (TPSA) is 41.5 Å². The molecule has 0 radical (unpaired) electrons. The Hall–Kier alpha value is -1.85. The number of piperidine rings is 1. The third-order valence-corrected chi connectivity index (χ3v) is 4.84. The highest BCUT2D eigenvalue weighted by Crippen LogP contribution is 2.26. The fourth-order valence-electron chi connectivity index (χ4n) is 3.21. The molecular formula is C18H23ClN4O. The molecule has 1 fully saturated rings. The molecule has 0 saturated carbocycles. The number of likely N-dealkylation sites (tertiary alicyclic amines) is 1. The van der Waals surface area contributed by atoms with Crippen LogP contribution in [-0.4, -0.2) is 48.2 Å². The van der Waals surface area contributed by atoms with Gasteiger partial charge in [0.05, 0.1) is 7.11 Å². The standard InChI is InChI=1S/C18H23ClN4O/c1-22(18-20-8-3-9-21-18)16-6-10-23(11-7-16)13-14-12-15(19)4-5-17(14)24-2/h3-5,8-9,12,16H,6-7,10-11,13H2,1-2H3. The molecule has 1 aromatic heterocycles. The van der Waals surface area contributed by atoms with Crippen LogP contribution in [0.15, 0.2) is 36.7 Å². The minimum Gasteiger partial charge on any atom is -0.496 e. The van der Waals surface area contributed by atoms with Crippen molar-refractivity contribution in [1.29, 1.82) is 0 Å². The second kappa shape index (κ2) is 7.81. The van der Waals surface area contributed by atoms with Gasteiger partial charge in [-0.1, -0.05) is 11.6 Å². The molecule has 0 amide bonds. The summed E-state index contributed by atoms with van der Waals surface area (Å²) in [5, 5.41) is 0.752. The van der Waals surface area contributed by atoms with Crippen LogP contribution in [0.25, 0.3) is 0 Å². The fourth-order valence-corrected chi connectivity index (χ4v) is 3.41. The molecule has 0 atom stereocenters. The summed E-state index contributed by atoms with van der Waals surface area (Å²) < 4.78 is 5.45. The number of ether oxygens (including phenoxy) is 1. The summed E-state index contributed by atoms with van der Waals surface area (Å²) in [6, 6.07) is 8.12. The zero-order chi connectivity index (χ0) is 16.9. The van der Waals surface area contributed by atoms with Gasteiger partial charge in [-0.15, -0.1) is 0 Å². The van der Waals surface area contributed by atoms with Crippen LogP contribution >= 0.6 is 11.6 Å². The summed E-state index contributed by atoms with van der Waals surface area (Å²) >= 11 is 6.13. The monoisotopic (exact) mass is 346 g/mol. The normalized spacial score (nSPS) is 16.1. The van der Waals surface area contributed by atoms with Gasteiger partial charge in [-0.05, 0) is 37.1 Å². The number of benzene rings is 1. The fraction of sp³-hybridized carbons (Fsp3) is 0.444. The highest BCUT2D eigenvalue weighted by Gasteiger charge is 2.24. The lowest BCUT2D eigenvalue weighted by molar-refractivity contribution is 0.200. The number of halogens is 1. The van der Waals surface area contributed by atoms with Crippen LogP contribution < -0.4 is 9.64 Å². The Balaban J connectivity index is 1.59. The zero-order valence-electron chi connectivity index (χ0n) is 14.2. The zero-order valence-corrected chi connectivity index (χ0v) is 14.9. The molecule has 1 aromatic carbocycles. The van der Waals surface area contributed by atoms with Crippen LogP contribution in [0.2, 0.25) is 5.02 Å². The van der Waals surface area contributed by atoms with Crippen molar-refractivity contribution in [2.24, 2.45) is 0 Å². The van der Waals surface area contributed by atoms with E-state index in [-0.39, 0.29) is 0 Å². The Kier molecular flexibility index (Phi) is 5.53. The smallest absolute Gasteiger partial charge is 0.225 e. The Morgan fingerprint density at radius 3 is 2.62 bits per heavy atom. The molecule has 128 valence electrons. The summed E-state index contributed by atoms with van der Waals surface area (Å²) in [6.45, 7) is 2.94. The lowest BCUT2D eigenvalue weighted by Crippen LogP contribution is -2.43. The molecule has 3 rings (SSSR count). The molecule has 0 unspecified atom stereocenters.